The van der Waals surface area contributed by atoms with Crippen molar-refractivity contribution >= 4 is 11.3 Å². The number of allylic oxidation sites excluding steroid dienone is 2. The molecule has 0 aromatic heterocycles. The van der Waals surface area contributed by atoms with E-state index in [-0.39, 0.29) is 0 Å². The van der Waals surface area contributed by atoms with Gasteiger partial charge in [0.05, 0.1) is 6.61 Å². The van der Waals surface area contributed by atoms with E-state index in [2.05, 4.69) is 6.92 Å². The molecule has 0 bridgehead atoms. The molecular formula is C14H19NO. The summed E-state index contributed by atoms with van der Waals surface area (Å²) in [7, 11) is 0. The van der Waals surface area contributed by atoms with Gasteiger partial charge in [-0.1, -0.05) is 12.1 Å². The lowest BCUT2D eigenvalue weighted by Gasteiger charge is -2.11. The van der Waals surface area contributed by atoms with Crippen LogP contribution in [0.3, 0.4) is 0 Å². The summed E-state index contributed by atoms with van der Waals surface area (Å²) in [4.78, 5) is 0. The van der Waals surface area contributed by atoms with Crippen LogP contribution in [-0.2, 0) is 0 Å². The molecule has 0 amide bonds. The molecule has 1 aromatic carbocycles. The van der Waals surface area contributed by atoms with Crippen LogP contribution < -0.4 is 4.74 Å². The number of nitrogens with one attached hydrogen (secondary N) is 1. The predicted octanol–water partition coefficient (Wildman–Crippen LogP) is 3.84. The Morgan fingerprint density at radius 2 is 2.12 bits per heavy atom. The molecule has 0 heterocycles. The highest BCUT2D eigenvalue weighted by atomic mass is 16.5. The molecule has 1 rings (SSSR count). The molecule has 86 valence electrons. The molecule has 1 N–H and O–H groups in total. The third-order valence-electron chi connectivity index (χ3n) is 2.50. The molecule has 0 unspecified atom stereocenters. The van der Waals surface area contributed by atoms with Gasteiger partial charge in [0, 0.05) is 5.71 Å². The van der Waals surface area contributed by atoms with Gasteiger partial charge in [0.1, 0.15) is 5.75 Å². The van der Waals surface area contributed by atoms with Crippen LogP contribution in [0.5, 0.6) is 5.75 Å². The largest absolute Gasteiger partial charge is 0.494 e. The molecule has 2 nitrogen and oxygen atoms in total. The number of aryl methyl sites for hydroxylation is 1. The molecule has 0 saturated heterocycles. The van der Waals surface area contributed by atoms with Gasteiger partial charge in [0.15, 0.2) is 0 Å². The van der Waals surface area contributed by atoms with Gasteiger partial charge in [-0.15, -0.1) is 0 Å². The zero-order chi connectivity index (χ0) is 12.1. The smallest absolute Gasteiger partial charge is 0.119 e. The highest BCUT2D eigenvalue weighted by Gasteiger charge is 2.07. The van der Waals surface area contributed by atoms with Crippen LogP contribution in [0.4, 0.5) is 0 Å². The summed E-state index contributed by atoms with van der Waals surface area (Å²) in [6.45, 7) is 8.45. The van der Waals surface area contributed by atoms with Gasteiger partial charge in [-0.3, -0.25) is 0 Å². The molecule has 0 atom stereocenters. The average molecular weight is 217 g/mol. The second-order valence-corrected chi connectivity index (χ2v) is 3.74. The second kappa shape index (κ2) is 5.50. The lowest BCUT2D eigenvalue weighted by molar-refractivity contribution is 0.340. The van der Waals surface area contributed by atoms with Gasteiger partial charge < -0.3 is 10.1 Å². The first-order valence-electron chi connectivity index (χ1n) is 5.55. The molecular weight excluding hydrogens is 198 g/mol. The first kappa shape index (κ1) is 12.5. The lowest BCUT2D eigenvalue weighted by atomic mass is 9.97. The lowest BCUT2D eigenvalue weighted by Crippen LogP contribution is -1.99. The third kappa shape index (κ3) is 2.72. The van der Waals surface area contributed by atoms with Crippen molar-refractivity contribution in [2.24, 2.45) is 0 Å². The maximum Gasteiger partial charge on any atom is 0.119 e. The Hall–Kier alpha value is -1.57. The number of ether oxygens (including phenoxy) is 1. The first-order chi connectivity index (χ1) is 7.60. The highest BCUT2D eigenvalue weighted by molar-refractivity contribution is 6.21. The number of benzene rings is 1. The zero-order valence-electron chi connectivity index (χ0n) is 10.4. The molecule has 0 aliphatic carbocycles. The van der Waals surface area contributed by atoms with Crippen LogP contribution >= 0.6 is 0 Å². The van der Waals surface area contributed by atoms with Gasteiger partial charge >= 0.3 is 0 Å². The summed E-state index contributed by atoms with van der Waals surface area (Å²) in [6.07, 6.45) is 1.97. The summed E-state index contributed by atoms with van der Waals surface area (Å²) in [5, 5.41) is 7.75. The standard InChI is InChI=1S/C14H19NO/c1-5-13(11(4)15)14-9-12(16-6-2)8-7-10(14)3/h5,7-9,15H,6H2,1-4H3/b13-5-,15-11?. The van der Waals surface area contributed by atoms with E-state index >= 15 is 0 Å². The Labute approximate surface area is 97.5 Å². The van der Waals surface area contributed by atoms with Crippen molar-refractivity contribution in [3.63, 3.8) is 0 Å². The van der Waals surface area contributed by atoms with E-state index in [9.17, 15) is 0 Å². The Morgan fingerprint density at radius 3 is 2.62 bits per heavy atom. The molecule has 0 spiro atoms. The van der Waals surface area contributed by atoms with Crippen LogP contribution in [0.1, 0.15) is 31.9 Å². The normalized spacial score (nSPS) is 11.4. The molecule has 0 fully saturated rings. The Bertz CT molecular complexity index is 419. The van der Waals surface area contributed by atoms with Crippen molar-refractivity contribution in [2.45, 2.75) is 27.7 Å². The number of hydrogen-bond donors (Lipinski definition) is 1. The van der Waals surface area contributed by atoms with Gasteiger partial charge in [-0.2, -0.15) is 0 Å². The van der Waals surface area contributed by atoms with Crippen molar-refractivity contribution < 1.29 is 4.74 Å². The summed E-state index contributed by atoms with van der Waals surface area (Å²) >= 11 is 0. The van der Waals surface area contributed by atoms with Crippen molar-refractivity contribution in [1.29, 1.82) is 5.41 Å². The quantitative estimate of drug-likeness (QED) is 0.764. The monoisotopic (exact) mass is 217 g/mol. The van der Waals surface area contributed by atoms with E-state index in [1.165, 1.54) is 5.56 Å². The summed E-state index contributed by atoms with van der Waals surface area (Å²) in [5.74, 6) is 0.865. The van der Waals surface area contributed by atoms with E-state index in [0.717, 1.165) is 16.9 Å². The Kier molecular flexibility index (Phi) is 4.29. The van der Waals surface area contributed by atoms with Crippen LogP contribution in [-0.4, -0.2) is 12.3 Å². The fourth-order valence-corrected chi connectivity index (χ4v) is 1.72. The fraction of sp³-hybridized carbons (Fsp3) is 0.357. The van der Waals surface area contributed by atoms with Gasteiger partial charge in [0.25, 0.3) is 0 Å². The van der Waals surface area contributed by atoms with Gasteiger partial charge in [0.2, 0.25) is 0 Å². The maximum atomic E-state index is 7.75. The van der Waals surface area contributed by atoms with Crippen molar-refractivity contribution in [2.75, 3.05) is 6.61 Å². The summed E-state index contributed by atoms with van der Waals surface area (Å²) in [5.41, 5.74) is 3.81. The minimum Gasteiger partial charge on any atom is -0.494 e. The van der Waals surface area contributed by atoms with E-state index in [1.54, 1.807) is 0 Å². The summed E-state index contributed by atoms with van der Waals surface area (Å²) in [6, 6.07) is 6.01. The van der Waals surface area contributed by atoms with Crippen LogP contribution in [0.25, 0.3) is 5.57 Å². The Balaban J connectivity index is 3.20. The van der Waals surface area contributed by atoms with Crippen LogP contribution in [0.2, 0.25) is 0 Å². The van der Waals surface area contributed by atoms with Gasteiger partial charge in [-0.25, -0.2) is 0 Å². The van der Waals surface area contributed by atoms with Crippen LogP contribution in [0, 0.1) is 12.3 Å². The van der Waals surface area contributed by atoms with E-state index in [4.69, 9.17) is 10.1 Å². The van der Waals surface area contributed by atoms with Crippen molar-refractivity contribution in [1.82, 2.24) is 0 Å². The molecule has 2 heteroatoms. The van der Waals surface area contributed by atoms with Crippen molar-refractivity contribution in [3.05, 3.63) is 35.4 Å². The van der Waals surface area contributed by atoms with Gasteiger partial charge in [-0.05, 0) is 56.5 Å². The Morgan fingerprint density at radius 1 is 1.44 bits per heavy atom. The minimum atomic E-state index is 0.583. The third-order valence-corrected chi connectivity index (χ3v) is 2.50. The fourth-order valence-electron chi connectivity index (χ4n) is 1.72. The molecule has 16 heavy (non-hydrogen) atoms. The molecule has 0 aliphatic heterocycles. The highest BCUT2D eigenvalue weighted by Crippen LogP contribution is 2.24. The molecule has 0 radical (unpaired) electrons. The minimum absolute atomic E-state index is 0.583. The first-order valence-corrected chi connectivity index (χ1v) is 5.55. The topological polar surface area (TPSA) is 33.1 Å². The second-order valence-electron chi connectivity index (χ2n) is 3.74. The van der Waals surface area contributed by atoms with E-state index in [1.807, 2.05) is 45.0 Å². The zero-order valence-corrected chi connectivity index (χ0v) is 10.4. The van der Waals surface area contributed by atoms with E-state index < -0.39 is 0 Å². The molecule has 0 saturated carbocycles. The average Bonchev–Trinajstić information content (AvgIpc) is 2.23. The number of hydrogen-bond acceptors (Lipinski definition) is 2. The summed E-state index contributed by atoms with van der Waals surface area (Å²) < 4.78 is 5.48. The predicted molar refractivity (Wildman–Crippen MR) is 69.4 cm³/mol. The maximum absolute atomic E-state index is 7.75. The molecule has 1 aromatic rings. The molecule has 0 aliphatic rings. The van der Waals surface area contributed by atoms with Crippen LogP contribution in [0.15, 0.2) is 24.3 Å². The number of rotatable bonds is 4. The SMILES string of the molecule is C/C=C(/C(C)=N)c1cc(OCC)ccc1C. The van der Waals surface area contributed by atoms with E-state index in [0.29, 0.717) is 12.3 Å². The van der Waals surface area contributed by atoms with Crippen molar-refractivity contribution in [3.8, 4) is 5.75 Å².